The molecular formula is C10H17ClN4OS. The summed E-state index contributed by atoms with van der Waals surface area (Å²) in [7, 11) is 0. The number of ether oxygens (including phenoxy) is 1. The maximum Gasteiger partial charge on any atom is 0.322 e. The fourth-order valence-electron chi connectivity index (χ4n) is 1.24. The minimum atomic E-state index is 0.143. The number of hydrogen-bond donors (Lipinski definition) is 1. The van der Waals surface area contributed by atoms with E-state index in [1.807, 2.05) is 6.92 Å². The number of hydrogen-bond acceptors (Lipinski definition) is 6. The summed E-state index contributed by atoms with van der Waals surface area (Å²) in [5.41, 5.74) is 0. The summed E-state index contributed by atoms with van der Waals surface area (Å²) >= 11 is 7.58. The van der Waals surface area contributed by atoms with Crippen molar-refractivity contribution in [2.45, 2.75) is 26.3 Å². The highest BCUT2D eigenvalue weighted by molar-refractivity contribution is 7.98. The van der Waals surface area contributed by atoms with E-state index in [0.29, 0.717) is 18.6 Å². The van der Waals surface area contributed by atoms with Gasteiger partial charge in [0.2, 0.25) is 11.2 Å². The first-order valence-corrected chi connectivity index (χ1v) is 7.26. The number of aromatic nitrogens is 3. The third kappa shape index (κ3) is 4.95. The van der Waals surface area contributed by atoms with E-state index in [1.54, 1.807) is 11.8 Å². The van der Waals surface area contributed by atoms with Gasteiger partial charge in [-0.25, -0.2) is 0 Å². The Bertz CT molecular complexity index is 353. The van der Waals surface area contributed by atoms with Crippen molar-refractivity contribution in [2.24, 2.45) is 0 Å². The first-order chi connectivity index (χ1) is 8.19. The van der Waals surface area contributed by atoms with Gasteiger partial charge in [0.15, 0.2) is 0 Å². The van der Waals surface area contributed by atoms with Crippen LogP contribution in [0, 0.1) is 0 Å². The molecule has 7 heteroatoms. The minimum absolute atomic E-state index is 0.143. The molecule has 1 atom stereocenters. The molecule has 1 aromatic heterocycles. The van der Waals surface area contributed by atoms with Crippen molar-refractivity contribution in [3.05, 3.63) is 5.28 Å². The summed E-state index contributed by atoms with van der Waals surface area (Å²) in [5, 5.41) is 3.37. The highest BCUT2D eigenvalue weighted by Crippen LogP contribution is 2.14. The van der Waals surface area contributed by atoms with Gasteiger partial charge in [0.25, 0.3) is 0 Å². The van der Waals surface area contributed by atoms with Crippen LogP contribution in [0.3, 0.4) is 0 Å². The van der Waals surface area contributed by atoms with Crippen LogP contribution in [0.4, 0.5) is 5.95 Å². The van der Waals surface area contributed by atoms with Gasteiger partial charge < -0.3 is 10.1 Å². The second-order valence-electron chi connectivity index (χ2n) is 3.35. The van der Waals surface area contributed by atoms with Crippen molar-refractivity contribution in [2.75, 3.05) is 23.9 Å². The largest absolute Gasteiger partial charge is 0.464 e. The van der Waals surface area contributed by atoms with E-state index < -0.39 is 0 Å². The van der Waals surface area contributed by atoms with Crippen LogP contribution >= 0.6 is 23.4 Å². The Kier molecular flexibility index (Phi) is 6.36. The third-order valence-corrected chi connectivity index (χ3v) is 2.96. The molecule has 0 saturated carbocycles. The van der Waals surface area contributed by atoms with Crippen LogP contribution in [0.25, 0.3) is 0 Å². The van der Waals surface area contributed by atoms with Gasteiger partial charge in [-0.15, -0.1) is 0 Å². The molecular weight excluding hydrogens is 260 g/mol. The molecule has 1 aromatic rings. The Morgan fingerprint density at radius 2 is 2.12 bits per heavy atom. The van der Waals surface area contributed by atoms with Crippen LogP contribution in [-0.2, 0) is 0 Å². The molecule has 1 heterocycles. The van der Waals surface area contributed by atoms with Crippen molar-refractivity contribution in [1.82, 2.24) is 15.0 Å². The van der Waals surface area contributed by atoms with Gasteiger partial charge in [0, 0.05) is 11.8 Å². The molecule has 0 bridgehead atoms. The van der Waals surface area contributed by atoms with E-state index in [0.717, 1.165) is 12.2 Å². The lowest BCUT2D eigenvalue weighted by Crippen LogP contribution is -2.23. The van der Waals surface area contributed by atoms with Crippen LogP contribution in [0.1, 0.15) is 20.3 Å². The number of rotatable bonds is 7. The average Bonchev–Trinajstić information content (AvgIpc) is 2.28. The molecule has 0 fully saturated rings. The predicted octanol–water partition coefficient (Wildman–Crippen LogP) is 2.48. The molecule has 1 unspecified atom stereocenters. The van der Waals surface area contributed by atoms with Gasteiger partial charge >= 0.3 is 6.01 Å². The van der Waals surface area contributed by atoms with Gasteiger partial charge in [0.05, 0.1) is 6.61 Å². The molecule has 0 amide bonds. The van der Waals surface area contributed by atoms with Crippen LogP contribution in [0.15, 0.2) is 0 Å². The quantitative estimate of drug-likeness (QED) is 0.826. The Morgan fingerprint density at radius 3 is 2.71 bits per heavy atom. The lowest BCUT2D eigenvalue weighted by Gasteiger charge is -2.15. The van der Waals surface area contributed by atoms with Crippen LogP contribution in [-0.4, -0.2) is 39.6 Å². The highest BCUT2D eigenvalue weighted by Gasteiger charge is 2.10. The zero-order valence-electron chi connectivity index (χ0n) is 10.2. The smallest absolute Gasteiger partial charge is 0.322 e. The van der Waals surface area contributed by atoms with Crippen molar-refractivity contribution >= 4 is 29.3 Å². The van der Waals surface area contributed by atoms with E-state index in [4.69, 9.17) is 16.3 Å². The molecule has 5 nitrogen and oxygen atoms in total. The third-order valence-electron chi connectivity index (χ3n) is 2.05. The molecule has 96 valence electrons. The molecule has 0 saturated heterocycles. The zero-order valence-corrected chi connectivity index (χ0v) is 11.8. The van der Waals surface area contributed by atoms with Gasteiger partial charge in [-0.2, -0.15) is 26.7 Å². The van der Waals surface area contributed by atoms with Gasteiger partial charge in [-0.1, -0.05) is 6.92 Å². The Balaban J connectivity index is 2.75. The van der Waals surface area contributed by atoms with E-state index in [9.17, 15) is 0 Å². The Labute approximate surface area is 111 Å². The van der Waals surface area contributed by atoms with E-state index >= 15 is 0 Å². The normalized spacial score (nSPS) is 12.2. The molecule has 0 aliphatic carbocycles. The fraction of sp³-hybridized carbons (Fsp3) is 0.700. The van der Waals surface area contributed by atoms with Crippen molar-refractivity contribution in [3.8, 4) is 6.01 Å². The van der Waals surface area contributed by atoms with Crippen LogP contribution < -0.4 is 10.1 Å². The summed E-state index contributed by atoms with van der Waals surface area (Å²) in [5.74, 6) is 1.46. The average molecular weight is 277 g/mol. The summed E-state index contributed by atoms with van der Waals surface area (Å²) < 4.78 is 5.21. The topological polar surface area (TPSA) is 59.9 Å². The van der Waals surface area contributed by atoms with E-state index in [2.05, 4.69) is 33.4 Å². The second kappa shape index (κ2) is 7.55. The molecule has 0 aromatic carbocycles. The molecule has 0 aliphatic rings. The number of halogens is 1. The monoisotopic (exact) mass is 276 g/mol. The van der Waals surface area contributed by atoms with Crippen molar-refractivity contribution in [1.29, 1.82) is 0 Å². The first-order valence-electron chi connectivity index (χ1n) is 5.49. The number of anilines is 1. The van der Waals surface area contributed by atoms with Crippen LogP contribution in [0.2, 0.25) is 5.28 Å². The van der Waals surface area contributed by atoms with Gasteiger partial charge in [0.1, 0.15) is 0 Å². The predicted molar refractivity (Wildman–Crippen MR) is 72.1 cm³/mol. The number of thioether (sulfide) groups is 1. The molecule has 0 spiro atoms. The molecule has 0 radical (unpaired) electrons. The minimum Gasteiger partial charge on any atom is -0.464 e. The summed E-state index contributed by atoms with van der Waals surface area (Å²) in [6, 6.07) is 0.576. The standard InChI is InChI=1S/C10H17ClN4OS/c1-4-7(6-17-3)12-9-13-8(11)14-10(15-9)16-5-2/h7H,4-6H2,1-3H3,(H,12,13,14,15). The van der Waals surface area contributed by atoms with Crippen molar-refractivity contribution < 1.29 is 4.74 Å². The van der Waals surface area contributed by atoms with Crippen LogP contribution in [0.5, 0.6) is 6.01 Å². The van der Waals surface area contributed by atoms with Crippen molar-refractivity contribution in [3.63, 3.8) is 0 Å². The Hall–Kier alpha value is -0.750. The number of nitrogens with one attached hydrogen (secondary N) is 1. The SMILES string of the molecule is CCOc1nc(Cl)nc(NC(CC)CSC)n1. The molecule has 17 heavy (non-hydrogen) atoms. The molecule has 1 N–H and O–H groups in total. The van der Waals surface area contributed by atoms with Gasteiger partial charge in [-0.3, -0.25) is 0 Å². The molecule has 1 rings (SSSR count). The van der Waals surface area contributed by atoms with E-state index in [1.165, 1.54) is 0 Å². The Morgan fingerprint density at radius 1 is 1.35 bits per heavy atom. The van der Waals surface area contributed by atoms with Gasteiger partial charge in [-0.05, 0) is 31.2 Å². The lowest BCUT2D eigenvalue weighted by molar-refractivity contribution is 0.312. The highest BCUT2D eigenvalue weighted by atomic mass is 35.5. The number of nitrogens with zero attached hydrogens (tertiary/aromatic N) is 3. The summed E-state index contributed by atoms with van der Waals surface area (Å²) in [4.78, 5) is 12.1. The zero-order chi connectivity index (χ0) is 12.7. The first kappa shape index (κ1) is 14.3. The molecule has 0 aliphatic heterocycles. The maximum absolute atomic E-state index is 5.80. The maximum atomic E-state index is 5.80. The summed E-state index contributed by atoms with van der Waals surface area (Å²) in [6.07, 6.45) is 3.06. The lowest BCUT2D eigenvalue weighted by atomic mass is 10.3. The second-order valence-corrected chi connectivity index (χ2v) is 4.60. The van der Waals surface area contributed by atoms with E-state index in [-0.39, 0.29) is 11.3 Å². The summed E-state index contributed by atoms with van der Waals surface area (Å²) in [6.45, 7) is 4.48. The fourth-order valence-corrected chi connectivity index (χ4v) is 2.11.